The fourth-order valence-corrected chi connectivity index (χ4v) is 5.40. The molecule has 246 valence electrons. The van der Waals surface area contributed by atoms with Gasteiger partial charge in [-0.05, 0) is 44.4 Å². The van der Waals surface area contributed by atoms with Crippen LogP contribution in [0.5, 0.6) is 11.5 Å². The smallest absolute Gasteiger partial charge is 0.307 e. The first kappa shape index (κ1) is 34.2. The van der Waals surface area contributed by atoms with Crippen LogP contribution < -0.4 is 20.1 Å². The zero-order chi connectivity index (χ0) is 32.7. The maximum absolute atomic E-state index is 13.9. The molecule has 0 bridgehead atoms. The van der Waals surface area contributed by atoms with E-state index in [9.17, 15) is 14.4 Å². The Morgan fingerprint density at radius 1 is 0.956 bits per heavy atom. The summed E-state index contributed by atoms with van der Waals surface area (Å²) in [7, 11) is 2.97. The lowest BCUT2D eigenvalue weighted by Crippen LogP contribution is -2.57. The number of esters is 1. The van der Waals surface area contributed by atoms with E-state index in [0.29, 0.717) is 11.5 Å². The molecule has 2 amide bonds. The summed E-state index contributed by atoms with van der Waals surface area (Å²) in [6, 6.07) is 12.5. The van der Waals surface area contributed by atoms with E-state index in [1.54, 1.807) is 39.0 Å². The van der Waals surface area contributed by atoms with Crippen molar-refractivity contribution in [2.24, 2.45) is 5.92 Å². The highest BCUT2D eigenvalue weighted by Crippen LogP contribution is 2.40. The largest absolute Gasteiger partial charge is 0.497 e. The molecule has 0 radical (unpaired) electrons. The number of amides is 2. The van der Waals surface area contributed by atoms with Crippen molar-refractivity contribution in [2.75, 3.05) is 20.8 Å². The summed E-state index contributed by atoms with van der Waals surface area (Å²) >= 11 is 0. The zero-order valence-corrected chi connectivity index (χ0v) is 26.9. The second-order valence-corrected chi connectivity index (χ2v) is 11.8. The van der Waals surface area contributed by atoms with Crippen LogP contribution in [0.1, 0.15) is 57.0 Å². The molecule has 45 heavy (non-hydrogen) atoms. The lowest BCUT2D eigenvalue weighted by atomic mass is 9.97. The van der Waals surface area contributed by atoms with E-state index in [-0.39, 0.29) is 31.1 Å². The molecule has 2 aromatic carbocycles. The van der Waals surface area contributed by atoms with Gasteiger partial charge in [-0.1, -0.05) is 44.2 Å². The van der Waals surface area contributed by atoms with Crippen LogP contribution in [-0.4, -0.2) is 81.1 Å². The lowest BCUT2D eigenvalue weighted by Gasteiger charge is -2.32. The van der Waals surface area contributed by atoms with Gasteiger partial charge in [-0.2, -0.15) is 0 Å². The van der Waals surface area contributed by atoms with Crippen molar-refractivity contribution in [1.29, 1.82) is 0 Å². The van der Waals surface area contributed by atoms with Gasteiger partial charge in [0.1, 0.15) is 35.9 Å². The number of fused-ring (bicyclic) bond motifs is 1. The summed E-state index contributed by atoms with van der Waals surface area (Å²) in [6.07, 6.45) is -3.13. The predicted octanol–water partition coefficient (Wildman–Crippen LogP) is 3.36. The van der Waals surface area contributed by atoms with E-state index in [2.05, 4.69) is 10.6 Å². The molecule has 0 spiro atoms. The zero-order valence-electron chi connectivity index (χ0n) is 26.9. The number of benzene rings is 2. The molecule has 0 aromatic heterocycles. The van der Waals surface area contributed by atoms with Crippen LogP contribution in [0.4, 0.5) is 0 Å². The average Bonchev–Trinajstić information content (AvgIpc) is 3.49. The van der Waals surface area contributed by atoms with Crippen molar-refractivity contribution in [3.8, 4) is 11.5 Å². The SMILES string of the molecule is CCOC(=O)C[C@@H](NC(=O)[C@@H](NC(=O)c1cc(OC)cc(OC)c1)C(C)C)[C@H]1O[C@@H]2OC(C)(C)O[C@@H]2[C@H]1OCc1ccccc1. The molecule has 0 unspecified atom stereocenters. The van der Waals surface area contributed by atoms with Crippen molar-refractivity contribution >= 4 is 17.8 Å². The van der Waals surface area contributed by atoms with Gasteiger partial charge in [-0.15, -0.1) is 0 Å². The van der Waals surface area contributed by atoms with Crippen LogP contribution >= 0.6 is 0 Å². The first-order valence-electron chi connectivity index (χ1n) is 15.1. The molecule has 2 aromatic rings. The molecule has 2 N–H and O–H groups in total. The van der Waals surface area contributed by atoms with E-state index < -0.39 is 60.3 Å². The van der Waals surface area contributed by atoms with Gasteiger partial charge in [0.25, 0.3) is 5.91 Å². The third kappa shape index (κ3) is 8.72. The summed E-state index contributed by atoms with van der Waals surface area (Å²) in [5, 5.41) is 5.77. The highest BCUT2D eigenvalue weighted by atomic mass is 16.8. The molecule has 2 heterocycles. The van der Waals surface area contributed by atoms with Gasteiger partial charge in [0, 0.05) is 11.6 Å². The van der Waals surface area contributed by atoms with Crippen molar-refractivity contribution in [2.45, 2.75) is 90.1 Å². The number of carbonyl (C=O) groups is 3. The third-order valence-corrected chi connectivity index (χ3v) is 7.58. The van der Waals surface area contributed by atoms with E-state index >= 15 is 0 Å². The minimum absolute atomic E-state index is 0.166. The monoisotopic (exact) mass is 628 g/mol. The number of rotatable bonds is 14. The molecule has 12 nitrogen and oxygen atoms in total. The van der Waals surface area contributed by atoms with Crippen LogP contribution in [0.15, 0.2) is 48.5 Å². The Bertz CT molecular complexity index is 1300. The minimum Gasteiger partial charge on any atom is -0.497 e. The van der Waals surface area contributed by atoms with Crippen LogP contribution in [0.3, 0.4) is 0 Å². The highest BCUT2D eigenvalue weighted by Gasteiger charge is 2.57. The van der Waals surface area contributed by atoms with Gasteiger partial charge >= 0.3 is 5.97 Å². The number of ether oxygens (including phenoxy) is 7. The Morgan fingerprint density at radius 3 is 2.22 bits per heavy atom. The summed E-state index contributed by atoms with van der Waals surface area (Å²) in [5.41, 5.74) is 1.19. The second-order valence-electron chi connectivity index (χ2n) is 11.8. The molecular weight excluding hydrogens is 584 g/mol. The lowest BCUT2D eigenvalue weighted by molar-refractivity contribution is -0.223. The Labute approximate surface area is 264 Å². The van der Waals surface area contributed by atoms with Crippen molar-refractivity contribution in [1.82, 2.24) is 10.6 Å². The Morgan fingerprint density at radius 2 is 1.62 bits per heavy atom. The molecular formula is C33H44N2O10. The number of methoxy groups -OCH3 is 2. The highest BCUT2D eigenvalue weighted by molar-refractivity contribution is 5.98. The van der Waals surface area contributed by atoms with Gasteiger partial charge in [0.15, 0.2) is 12.1 Å². The fraction of sp³-hybridized carbons (Fsp3) is 0.545. The molecule has 0 saturated carbocycles. The number of hydrogen-bond acceptors (Lipinski definition) is 10. The quantitative estimate of drug-likeness (QED) is 0.300. The number of nitrogens with one attached hydrogen (secondary N) is 2. The molecule has 4 rings (SSSR count). The Kier molecular flexibility index (Phi) is 11.4. The molecule has 2 saturated heterocycles. The van der Waals surface area contributed by atoms with Gasteiger partial charge < -0.3 is 43.8 Å². The summed E-state index contributed by atoms with van der Waals surface area (Å²) in [6.45, 7) is 9.29. The van der Waals surface area contributed by atoms with E-state index in [1.807, 2.05) is 44.2 Å². The number of hydrogen-bond donors (Lipinski definition) is 2. The van der Waals surface area contributed by atoms with Crippen molar-refractivity contribution in [3.63, 3.8) is 0 Å². The van der Waals surface area contributed by atoms with E-state index in [1.165, 1.54) is 14.2 Å². The summed E-state index contributed by atoms with van der Waals surface area (Å²) in [4.78, 5) is 40.0. The molecule has 2 aliphatic rings. The number of carbonyl (C=O) groups excluding carboxylic acids is 3. The first-order valence-corrected chi connectivity index (χ1v) is 15.1. The van der Waals surface area contributed by atoms with Gasteiger partial charge in [0.05, 0.1) is 39.9 Å². The maximum Gasteiger partial charge on any atom is 0.307 e. The molecule has 2 aliphatic heterocycles. The normalized spacial score (nSPS) is 23.1. The van der Waals surface area contributed by atoms with E-state index in [0.717, 1.165) is 5.56 Å². The minimum atomic E-state index is -0.963. The Balaban J connectivity index is 1.57. The molecule has 12 heteroatoms. The topological polar surface area (TPSA) is 140 Å². The average molecular weight is 629 g/mol. The van der Waals surface area contributed by atoms with E-state index in [4.69, 9.17) is 33.2 Å². The summed E-state index contributed by atoms with van der Waals surface area (Å²) < 4.78 is 40.6. The van der Waals surface area contributed by atoms with Crippen LogP contribution in [0, 0.1) is 5.92 Å². The van der Waals surface area contributed by atoms with Crippen molar-refractivity contribution < 1.29 is 47.5 Å². The molecule has 2 fully saturated rings. The fourth-order valence-electron chi connectivity index (χ4n) is 5.40. The van der Waals surface area contributed by atoms with Crippen LogP contribution in [-0.2, 0) is 39.9 Å². The first-order chi connectivity index (χ1) is 21.4. The van der Waals surface area contributed by atoms with Gasteiger partial charge in [0.2, 0.25) is 5.91 Å². The second kappa shape index (κ2) is 15.0. The van der Waals surface area contributed by atoms with Crippen LogP contribution in [0.2, 0.25) is 0 Å². The predicted molar refractivity (Wildman–Crippen MR) is 163 cm³/mol. The third-order valence-electron chi connectivity index (χ3n) is 7.58. The summed E-state index contributed by atoms with van der Waals surface area (Å²) in [5.74, 6) is -1.90. The van der Waals surface area contributed by atoms with Gasteiger partial charge in [-0.3, -0.25) is 14.4 Å². The Hall–Kier alpha value is -3.71. The molecule has 0 aliphatic carbocycles. The maximum atomic E-state index is 13.9. The standard InChI is InChI=1S/C33H44N2O10/c1-8-41-25(36)17-24(27-28(42-18-20-12-10-9-11-13-20)29-32(43-27)45-33(4,5)44-29)34-31(38)26(19(2)3)35-30(37)21-14-22(39-6)16-23(15-21)40-7/h9-16,19,24,26-29,32H,8,17-18H2,1-7H3,(H,34,38)(H,35,37)/t24-,26+,27-,28+,29-,32-/m1/s1. The molecule has 6 atom stereocenters. The van der Waals surface area contributed by atoms with Gasteiger partial charge in [-0.25, -0.2) is 0 Å². The van der Waals surface area contributed by atoms with Crippen LogP contribution in [0.25, 0.3) is 0 Å². The van der Waals surface area contributed by atoms with Crippen molar-refractivity contribution in [3.05, 3.63) is 59.7 Å².